The molecule has 9 nitrogen and oxygen atoms in total. The van der Waals surface area contributed by atoms with Crippen molar-refractivity contribution in [3.05, 3.63) is 39.0 Å². The van der Waals surface area contributed by atoms with Gasteiger partial charge in [-0.2, -0.15) is 5.10 Å². The Kier molecular flexibility index (Phi) is 4.88. The molecular formula is C21H24N6O3S. The Morgan fingerprint density at radius 2 is 2.13 bits per heavy atom. The van der Waals surface area contributed by atoms with Crippen molar-refractivity contribution in [1.29, 1.82) is 0 Å². The van der Waals surface area contributed by atoms with E-state index >= 15 is 0 Å². The quantitative estimate of drug-likeness (QED) is 0.580. The highest BCUT2D eigenvalue weighted by Gasteiger charge is 2.34. The molecule has 0 bridgehead atoms. The van der Waals surface area contributed by atoms with E-state index in [1.807, 2.05) is 24.6 Å². The van der Waals surface area contributed by atoms with Crippen LogP contribution in [0.1, 0.15) is 56.7 Å². The van der Waals surface area contributed by atoms with Crippen molar-refractivity contribution in [2.75, 3.05) is 5.32 Å². The van der Waals surface area contributed by atoms with Crippen molar-refractivity contribution in [3.8, 4) is 0 Å². The van der Waals surface area contributed by atoms with E-state index < -0.39 is 5.97 Å². The van der Waals surface area contributed by atoms with Crippen LogP contribution in [0.3, 0.4) is 0 Å². The first-order valence-corrected chi connectivity index (χ1v) is 11.3. The van der Waals surface area contributed by atoms with Crippen LogP contribution in [0.25, 0.3) is 0 Å². The molecule has 2 aliphatic rings. The van der Waals surface area contributed by atoms with Gasteiger partial charge in [0.2, 0.25) is 5.95 Å². The van der Waals surface area contributed by atoms with E-state index in [1.54, 1.807) is 11.0 Å². The zero-order valence-corrected chi connectivity index (χ0v) is 18.3. The van der Waals surface area contributed by atoms with Crippen LogP contribution in [-0.2, 0) is 31.1 Å². The molecule has 162 valence electrons. The Labute approximate surface area is 183 Å². The molecule has 10 heteroatoms. The lowest BCUT2D eigenvalue weighted by molar-refractivity contribution is -0.119. The summed E-state index contributed by atoms with van der Waals surface area (Å²) >= 11 is 1.51. The highest BCUT2D eigenvalue weighted by Crippen LogP contribution is 2.40. The van der Waals surface area contributed by atoms with E-state index in [0.717, 1.165) is 47.6 Å². The maximum Gasteiger partial charge on any atom is 0.337 e. The molecule has 3 aromatic heterocycles. The number of nitrogens with zero attached hydrogens (tertiary/aromatic N) is 5. The summed E-state index contributed by atoms with van der Waals surface area (Å²) in [7, 11) is 1.86. The molecule has 1 unspecified atom stereocenters. The molecule has 0 amide bonds. The number of carbonyl (C=O) groups is 2. The molecule has 3 aromatic rings. The van der Waals surface area contributed by atoms with Crippen molar-refractivity contribution in [2.24, 2.45) is 13.0 Å². The average Bonchev–Trinajstić information content (AvgIpc) is 3.25. The van der Waals surface area contributed by atoms with Gasteiger partial charge in [0, 0.05) is 41.2 Å². The van der Waals surface area contributed by atoms with Gasteiger partial charge in [-0.15, -0.1) is 21.5 Å². The third-order valence-electron chi connectivity index (χ3n) is 6.10. The summed E-state index contributed by atoms with van der Waals surface area (Å²) in [6.07, 6.45) is 6.04. The second-order valence-electron chi connectivity index (χ2n) is 8.40. The third kappa shape index (κ3) is 3.76. The fourth-order valence-corrected chi connectivity index (χ4v) is 5.73. The number of rotatable bonds is 7. The number of anilines is 2. The van der Waals surface area contributed by atoms with E-state index in [-0.39, 0.29) is 24.2 Å². The average molecular weight is 441 g/mol. The van der Waals surface area contributed by atoms with Gasteiger partial charge in [-0.1, -0.05) is 0 Å². The SMILES string of the molecule is Cc1cc(Nc2nncn2C2CCc3sc(CC(=O)C4CC4)c(C(=O)O)c3C2)n(C)n1. The second kappa shape index (κ2) is 7.60. The molecular weight excluding hydrogens is 416 g/mol. The Bertz CT molecular complexity index is 1170. The number of nitrogens with one attached hydrogen (secondary N) is 1. The number of aryl methyl sites for hydroxylation is 3. The highest BCUT2D eigenvalue weighted by atomic mass is 32.1. The monoisotopic (exact) mass is 440 g/mol. The van der Waals surface area contributed by atoms with Crippen LogP contribution in [0.15, 0.2) is 12.4 Å². The molecule has 1 saturated carbocycles. The molecule has 0 aromatic carbocycles. The Hall–Kier alpha value is -3.01. The predicted molar refractivity (Wildman–Crippen MR) is 115 cm³/mol. The minimum absolute atomic E-state index is 0.0407. The van der Waals surface area contributed by atoms with Crippen molar-refractivity contribution in [3.63, 3.8) is 0 Å². The van der Waals surface area contributed by atoms with Gasteiger partial charge in [-0.3, -0.25) is 14.0 Å². The number of carboxylic acids is 1. The van der Waals surface area contributed by atoms with Crippen molar-refractivity contribution >= 4 is 34.9 Å². The van der Waals surface area contributed by atoms with Crippen LogP contribution in [0.4, 0.5) is 11.8 Å². The maximum absolute atomic E-state index is 12.3. The van der Waals surface area contributed by atoms with Crippen molar-refractivity contribution in [1.82, 2.24) is 24.5 Å². The molecule has 31 heavy (non-hydrogen) atoms. The smallest absolute Gasteiger partial charge is 0.337 e. The van der Waals surface area contributed by atoms with Gasteiger partial charge in [-0.05, 0) is 44.6 Å². The topological polar surface area (TPSA) is 115 Å². The summed E-state index contributed by atoms with van der Waals surface area (Å²) in [5.74, 6) is 0.784. The highest BCUT2D eigenvalue weighted by molar-refractivity contribution is 7.12. The number of aromatic nitrogens is 5. The molecule has 0 spiro atoms. The van der Waals surface area contributed by atoms with Crippen LogP contribution in [-0.4, -0.2) is 41.4 Å². The Morgan fingerprint density at radius 1 is 1.32 bits per heavy atom. The number of carboxylic acid groups (broad SMARTS) is 1. The third-order valence-corrected chi connectivity index (χ3v) is 7.39. The lowest BCUT2D eigenvalue weighted by atomic mass is 9.90. The van der Waals surface area contributed by atoms with Crippen LogP contribution < -0.4 is 5.32 Å². The summed E-state index contributed by atoms with van der Waals surface area (Å²) in [6.45, 7) is 1.92. The normalized spacial score (nSPS) is 18.1. The number of hydrogen-bond donors (Lipinski definition) is 2. The van der Waals surface area contributed by atoms with Gasteiger partial charge < -0.3 is 10.4 Å². The zero-order valence-electron chi connectivity index (χ0n) is 17.5. The summed E-state index contributed by atoms with van der Waals surface area (Å²) in [4.78, 5) is 26.2. The van der Waals surface area contributed by atoms with Crippen LogP contribution in [0, 0.1) is 12.8 Å². The summed E-state index contributed by atoms with van der Waals surface area (Å²) in [5.41, 5.74) is 2.10. The van der Waals surface area contributed by atoms with Crippen molar-refractivity contribution in [2.45, 2.75) is 51.5 Å². The van der Waals surface area contributed by atoms with E-state index in [2.05, 4.69) is 20.6 Å². The van der Waals surface area contributed by atoms with Gasteiger partial charge in [0.15, 0.2) is 0 Å². The first-order valence-electron chi connectivity index (χ1n) is 10.5. The number of fused-ring (bicyclic) bond motifs is 1. The minimum Gasteiger partial charge on any atom is -0.478 e. The van der Waals surface area contributed by atoms with Crippen LogP contribution >= 0.6 is 11.3 Å². The molecule has 0 saturated heterocycles. The van der Waals surface area contributed by atoms with E-state index in [4.69, 9.17) is 0 Å². The molecule has 2 N–H and O–H groups in total. The van der Waals surface area contributed by atoms with Crippen LogP contribution in [0.5, 0.6) is 0 Å². The first-order chi connectivity index (χ1) is 14.9. The number of ketones is 1. The minimum atomic E-state index is -0.941. The number of Topliss-reactive ketones (excluding diaryl/α,β-unsaturated/α-hetero) is 1. The summed E-state index contributed by atoms with van der Waals surface area (Å²) < 4.78 is 3.72. The van der Waals surface area contributed by atoms with E-state index in [1.165, 1.54) is 11.3 Å². The first kappa shape index (κ1) is 19.9. The Balaban J connectivity index is 1.41. The summed E-state index contributed by atoms with van der Waals surface area (Å²) in [6, 6.07) is 1.97. The molecule has 1 atom stereocenters. The predicted octanol–water partition coefficient (Wildman–Crippen LogP) is 3.07. The van der Waals surface area contributed by atoms with Gasteiger partial charge >= 0.3 is 5.97 Å². The standard InChI is InChI=1S/C21H24N6O3S/c1-11-7-18(26(2)25-11)23-21-24-22-10-27(21)13-5-6-16-14(8-13)19(20(29)30)17(31-16)9-15(28)12-3-4-12/h7,10,12-13H,3-6,8-9H2,1-2H3,(H,23,24)(H,29,30). The van der Waals surface area contributed by atoms with Gasteiger partial charge in [0.25, 0.3) is 0 Å². The maximum atomic E-state index is 12.3. The lowest BCUT2D eigenvalue weighted by Gasteiger charge is -2.25. The van der Waals surface area contributed by atoms with Crippen molar-refractivity contribution < 1.29 is 14.7 Å². The Morgan fingerprint density at radius 3 is 2.81 bits per heavy atom. The van der Waals surface area contributed by atoms with Crippen LogP contribution in [0.2, 0.25) is 0 Å². The molecule has 3 heterocycles. The number of aromatic carboxylic acids is 1. The second-order valence-corrected chi connectivity index (χ2v) is 9.59. The van der Waals surface area contributed by atoms with E-state index in [0.29, 0.717) is 22.8 Å². The zero-order chi connectivity index (χ0) is 21.7. The molecule has 0 aliphatic heterocycles. The molecule has 5 rings (SSSR count). The number of hydrogen-bond acceptors (Lipinski definition) is 7. The molecule has 0 radical (unpaired) electrons. The van der Waals surface area contributed by atoms with Gasteiger partial charge in [0.05, 0.1) is 11.3 Å². The lowest BCUT2D eigenvalue weighted by Crippen LogP contribution is -2.20. The fourth-order valence-electron chi connectivity index (χ4n) is 4.38. The van der Waals surface area contributed by atoms with Gasteiger partial charge in [-0.25, -0.2) is 4.79 Å². The van der Waals surface area contributed by atoms with E-state index in [9.17, 15) is 14.7 Å². The number of carbonyl (C=O) groups excluding carboxylic acids is 1. The number of thiophene rings is 1. The molecule has 2 aliphatic carbocycles. The largest absolute Gasteiger partial charge is 0.478 e. The fraction of sp³-hybridized carbons (Fsp3) is 0.476. The molecule has 1 fully saturated rings. The summed E-state index contributed by atoms with van der Waals surface area (Å²) in [5, 5.41) is 25.8. The van der Waals surface area contributed by atoms with Gasteiger partial charge in [0.1, 0.15) is 17.9 Å².